The number of primary amides is 1. The van der Waals surface area contributed by atoms with Crippen LogP contribution in [0.5, 0.6) is 0 Å². The van der Waals surface area contributed by atoms with Crippen molar-refractivity contribution in [3.63, 3.8) is 0 Å². The highest BCUT2D eigenvalue weighted by Crippen LogP contribution is 2.25. The number of amides is 1. The molecule has 1 aromatic rings. The van der Waals surface area contributed by atoms with E-state index in [9.17, 15) is 17.4 Å². The Hall–Kier alpha value is -1.67. The van der Waals surface area contributed by atoms with Gasteiger partial charge in [-0.2, -0.15) is 0 Å². The third-order valence-corrected chi connectivity index (χ3v) is 7.76. The molecule has 2 atom stereocenters. The highest BCUT2D eigenvalue weighted by molar-refractivity contribution is 7.94. The molecule has 3 N–H and O–H groups in total. The lowest BCUT2D eigenvalue weighted by Crippen LogP contribution is -2.21. The molecule has 29 heavy (non-hydrogen) atoms. The van der Waals surface area contributed by atoms with E-state index in [1.165, 1.54) is 38.2 Å². The molecule has 8 heteroatoms. The molecule has 0 aliphatic carbocycles. The molecule has 0 aliphatic rings. The summed E-state index contributed by atoms with van der Waals surface area (Å²) in [5.74, 6) is -0.844. The number of carbonyl (C=O) groups is 1. The first-order chi connectivity index (χ1) is 13.8. The van der Waals surface area contributed by atoms with Gasteiger partial charge in [-0.1, -0.05) is 70.9 Å². The van der Waals surface area contributed by atoms with Crippen LogP contribution in [0.25, 0.3) is 0 Å². The average molecular weight is 443 g/mol. The number of nitrogens with two attached hydrogens (primary N) is 1. The second-order valence-electron chi connectivity index (χ2n) is 7.09. The van der Waals surface area contributed by atoms with Crippen LogP contribution in [0.2, 0.25) is 0 Å². The Labute approximate surface area is 177 Å². The Morgan fingerprint density at radius 2 is 1.72 bits per heavy atom. The number of sulfone groups is 1. The van der Waals surface area contributed by atoms with Crippen LogP contribution in [-0.4, -0.2) is 23.8 Å². The monoisotopic (exact) mass is 442 g/mol. The van der Waals surface area contributed by atoms with Gasteiger partial charge in [-0.25, -0.2) is 12.6 Å². The molecule has 1 amide bonds. The van der Waals surface area contributed by atoms with Gasteiger partial charge in [0.1, 0.15) is 11.0 Å². The van der Waals surface area contributed by atoms with Gasteiger partial charge in [0.15, 0.2) is 0 Å². The van der Waals surface area contributed by atoms with Crippen LogP contribution in [0, 0.1) is 0 Å². The van der Waals surface area contributed by atoms with Gasteiger partial charge in [-0.05, 0) is 25.0 Å². The molecule has 1 aromatic carbocycles. The van der Waals surface area contributed by atoms with Crippen LogP contribution in [0.15, 0.2) is 40.6 Å². The van der Waals surface area contributed by atoms with Crippen LogP contribution < -0.4 is 10.5 Å². The Bertz CT molecular complexity index is 792. The quantitative estimate of drug-likeness (QED) is 0.309. The zero-order valence-corrected chi connectivity index (χ0v) is 19.1. The topological polar surface area (TPSA) is 106 Å². The molecule has 6 nitrogen and oxygen atoms in total. The summed E-state index contributed by atoms with van der Waals surface area (Å²) in [4.78, 5) is 10.8. The van der Waals surface area contributed by atoms with Gasteiger partial charge >= 0.3 is 0 Å². The first-order valence-electron chi connectivity index (χ1n) is 10.3. The van der Waals surface area contributed by atoms with Crippen LogP contribution in [0.3, 0.4) is 0 Å². The van der Waals surface area contributed by atoms with Crippen molar-refractivity contribution in [2.24, 2.45) is 5.73 Å². The van der Waals surface area contributed by atoms with Crippen molar-refractivity contribution >= 4 is 32.4 Å². The summed E-state index contributed by atoms with van der Waals surface area (Å²) in [5, 5.41) is 0.719. The number of nitrogens with one attached hydrogen (secondary N) is 1. The van der Waals surface area contributed by atoms with Crippen LogP contribution in [0.1, 0.15) is 71.6 Å². The van der Waals surface area contributed by atoms with E-state index in [4.69, 9.17) is 5.73 Å². The molecule has 0 aliphatic heterocycles. The maximum Gasteiger partial charge on any atom is 0.242 e. The van der Waals surface area contributed by atoms with Gasteiger partial charge < -0.3 is 10.5 Å². The van der Waals surface area contributed by atoms with Gasteiger partial charge in [0, 0.05) is 11.5 Å². The van der Waals surface area contributed by atoms with E-state index in [1.54, 1.807) is 18.2 Å². The summed E-state index contributed by atoms with van der Waals surface area (Å²) in [5.41, 5.74) is 5.25. The molecule has 0 fully saturated rings. The summed E-state index contributed by atoms with van der Waals surface area (Å²) in [6.07, 6.45) is 10.8. The maximum atomic E-state index is 12.8. The number of para-hydroxylation sites is 1. The maximum absolute atomic E-state index is 12.8. The van der Waals surface area contributed by atoms with Crippen LogP contribution >= 0.6 is 0 Å². The Morgan fingerprint density at radius 3 is 2.34 bits per heavy atom. The van der Waals surface area contributed by atoms with Crippen LogP contribution in [0.4, 0.5) is 5.69 Å². The van der Waals surface area contributed by atoms with Crippen molar-refractivity contribution in [2.45, 2.75) is 81.8 Å². The van der Waals surface area contributed by atoms with Crippen molar-refractivity contribution in [1.82, 2.24) is 0 Å². The van der Waals surface area contributed by atoms with E-state index < -0.39 is 26.7 Å². The zero-order chi connectivity index (χ0) is 21.7. The Morgan fingerprint density at radius 1 is 1.10 bits per heavy atom. The highest BCUT2D eigenvalue weighted by atomic mass is 32.2. The minimum Gasteiger partial charge on any atom is -0.366 e. The van der Waals surface area contributed by atoms with Crippen molar-refractivity contribution in [1.29, 1.82) is 0 Å². The Balaban J connectivity index is 2.71. The highest BCUT2D eigenvalue weighted by Gasteiger charge is 2.20. The fourth-order valence-corrected chi connectivity index (χ4v) is 5.48. The molecule has 0 radical (unpaired) electrons. The lowest BCUT2D eigenvalue weighted by Gasteiger charge is -2.17. The van der Waals surface area contributed by atoms with E-state index in [2.05, 4.69) is 11.6 Å². The molecule has 0 aromatic heterocycles. The average Bonchev–Trinajstić information content (AvgIpc) is 2.69. The number of hydrogen-bond acceptors (Lipinski definition) is 4. The number of unbranched alkanes of at least 4 members (excludes halogenated alkanes) is 6. The smallest absolute Gasteiger partial charge is 0.242 e. The normalized spacial score (nSPS) is 14.0. The molecule has 0 bridgehead atoms. The minimum atomic E-state index is -3.87. The zero-order valence-electron chi connectivity index (χ0n) is 17.4. The van der Waals surface area contributed by atoms with Gasteiger partial charge in [0.05, 0.1) is 15.8 Å². The van der Waals surface area contributed by atoms with Gasteiger partial charge in [0.2, 0.25) is 15.7 Å². The van der Waals surface area contributed by atoms with E-state index >= 15 is 0 Å². The molecule has 164 valence electrons. The lowest BCUT2D eigenvalue weighted by molar-refractivity contribution is -0.113. The van der Waals surface area contributed by atoms with Gasteiger partial charge in [-0.15, -0.1) is 0 Å². The van der Waals surface area contributed by atoms with Crippen molar-refractivity contribution in [2.75, 3.05) is 4.72 Å². The van der Waals surface area contributed by atoms with E-state index in [1.807, 2.05) is 6.92 Å². The third-order valence-electron chi connectivity index (χ3n) is 4.70. The number of benzene rings is 1. The van der Waals surface area contributed by atoms with Gasteiger partial charge in [-0.3, -0.25) is 4.79 Å². The summed E-state index contributed by atoms with van der Waals surface area (Å²) in [6.45, 7) is 4.19. The van der Waals surface area contributed by atoms with Crippen molar-refractivity contribution in [3.8, 4) is 0 Å². The molecular weight excluding hydrogens is 408 g/mol. The lowest BCUT2D eigenvalue weighted by atomic mass is 10.1. The summed E-state index contributed by atoms with van der Waals surface area (Å²) < 4.78 is 40.6. The standard InChI is InChI=1S/C21H34N2O4S2/c1-3-5-6-7-8-9-10-13-18(4-2)28(25)23-19-14-11-12-15-20(19)29(26,27)17-16-21(22)24/h11-12,14-18,23H,3-10,13H2,1-2H3,(H2,22,24). The van der Waals surface area contributed by atoms with Gasteiger partial charge in [0.25, 0.3) is 0 Å². The van der Waals surface area contributed by atoms with E-state index in [0.717, 1.165) is 37.2 Å². The number of carbonyl (C=O) groups excluding carboxylic acids is 1. The van der Waals surface area contributed by atoms with Crippen molar-refractivity contribution < 1.29 is 17.4 Å². The molecule has 2 unspecified atom stereocenters. The molecule has 1 rings (SSSR count). The van der Waals surface area contributed by atoms with E-state index in [-0.39, 0.29) is 15.8 Å². The predicted octanol–water partition coefficient (Wildman–Crippen LogP) is 4.45. The second kappa shape index (κ2) is 13.5. The largest absolute Gasteiger partial charge is 0.366 e. The second-order valence-corrected chi connectivity index (χ2v) is 10.4. The number of anilines is 1. The molecular formula is C21H34N2O4S2. The number of hydrogen-bond donors (Lipinski definition) is 2. The van der Waals surface area contributed by atoms with Crippen LogP contribution in [-0.2, 0) is 25.6 Å². The first kappa shape index (κ1) is 25.4. The molecule has 0 spiro atoms. The summed E-state index contributed by atoms with van der Waals surface area (Å²) in [7, 11) is -5.28. The first-order valence-corrected chi connectivity index (χ1v) is 13.1. The Kier molecular flexibility index (Phi) is 11.8. The fourth-order valence-electron chi connectivity index (χ4n) is 3.01. The minimum absolute atomic E-state index is 0.0309. The summed E-state index contributed by atoms with van der Waals surface area (Å²) in [6, 6.07) is 6.24. The third kappa shape index (κ3) is 9.58. The van der Waals surface area contributed by atoms with Crippen molar-refractivity contribution in [3.05, 3.63) is 35.7 Å². The number of rotatable bonds is 15. The fraction of sp³-hybridized carbons (Fsp3) is 0.571. The molecule has 0 heterocycles. The SMILES string of the molecule is CCCCCCCCCC(CC)S(=O)Nc1ccccc1S(=O)(=O)C=CC(N)=O. The van der Waals surface area contributed by atoms with E-state index in [0.29, 0.717) is 0 Å². The molecule has 0 saturated carbocycles. The molecule has 0 saturated heterocycles. The predicted molar refractivity (Wildman–Crippen MR) is 120 cm³/mol. The summed E-state index contributed by atoms with van der Waals surface area (Å²) >= 11 is 0.